The summed E-state index contributed by atoms with van der Waals surface area (Å²) in [7, 11) is 2.75. The van der Waals surface area contributed by atoms with Gasteiger partial charge in [0.05, 0.1) is 5.69 Å². The molecule has 0 fully saturated rings. The van der Waals surface area contributed by atoms with E-state index < -0.39 is 22.7 Å². The second-order valence-electron chi connectivity index (χ2n) is 6.30. The van der Waals surface area contributed by atoms with Crippen LogP contribution in [-0.4, -0.2) is 24.4 Å². The number of aromatic nitrogens is 4. The van der Waals surface area contributed by atoms with Gasteiger partial charge in [-0.05, 0) is 5.56 Å². The number of benzene rings is 1. The molecular weight excluding hydrogens is 394 g/mol. The Balaban J connectivity index is 1.80. The Bertz CT molecular complexity index is 1430. The summed E-state index contributed by atoms with van der Waals surface area (Å²) >= 11 is 1.29. The van der Waals surface area contributed by atoms with Crippen molar-refractivity contribution in [1.29, 1.82) is 0 Å². The van der Waals surface area contributed by atoms with Crippen molar-refractivity contribution in [3.05, 3.63) is 84.7 Å². The van der Waals surface area contributed by atoms with E-state index in [9.17, 15) is 19.2 Å². The standard InChI is InChI=1S/C19H15N5O4S/c1-22-14(8-15(25)23(2)19(22)28)21-16(26)12-9-20-18-24(17(12)27)13(10-29-18)11-6-4-3-5-7-11/h3-10H,1-2H3,(H,21,26). The molecule has 29 heavy (non-hydrogen) atoms. The third-order valence-corrected chi connectivity index (χ3v) is 5.37. The lowest BCUT2D eigenvalue weighted by atomic mass is 10.2. The van der Waals surface area contributed by atoms with Crippen LogP contribution in [0.3, 0.4) is 0 Å². The van der Waals surface area contributed by atoms with Gasteiger partial charge in [0.25, 0.3) is 17.0 Å². The number of carbonyl (C=O) groups excluding carboxylic acids is 1. The van der Waals surface area contributed by atoms with Gasteiger partial charge in [0.1, 0.15) is 11.4 Å². The third kappa shape index (κ3) is 3.09. The molecule has 0 bridgehead atoms. The Kier molecular flexibility index (Phi) is 4.47. The average Bonchev–Trinajstić information content (AvgIpc) is 3.16. The summed E-state index contributed by atoms with van der Waals surface area (Å²) in [5, 5.41) is 4.25. The molecule has 0 saturated heterocycles. The van der Waals surface area contributed by atoms with E-state index in [-0.39, 0.29) is 11.4 Å². The summed E-state index contributed by atoms with van der Waals surface area (Å²) in [6, 6.07) is 10.4. The average molecular weight is 409 g/mol. The van der Waals surface area contributed by atoms with E-state index in [0.717, 1.165) is 20.8 Å². The number of carbonyl (C=O) groups is 1. The minimum Gasteiger partial charge on any atom is -0.307 e. The maximum Gasteiger partial charge on any atom is 0.332 e. The number of thiazole rings is 1. The van der Waals surface area contributed by atoms with Crippen molar-refractivity contribution in [3.8, 4) is 11.3 Å². The predicted octanol–water partition coefficient (Wildman–Crippen LogP) is 1.07. The topological polar surface area (TPSA) is 107 Å². The minimum atomic E-state index is -0.759. The molecule has 1 N–H and O–H groups in total. The first-order valence-corrected chi connectivity index (χ1v) is 9.39. The van der Waals surface area contributed by atoms with E-state index in [1.165, 1.54) is 36.0 Å². The molecule has 0 saturated carbocycles. The molecule has 9 nitrogen and oxygen atoms in total. The maximum absolute atomic E-state index is 13.0. The molecule has 4 rings (SSSR count). The number of anilines is 1. The fourth-order valence-corrected chi connectivity index (χ4v) is 3.75. The minimum absolute atomic E-state index is 0.0128. The van der Waals surface area contributed by atoms with Crippen LogP contribution in [0.1, 0.15) is 10.4 Å². The zero-order valence-electron chi connectivity index (χ0n) is 15.4. The van der Waals surface area contributed by atoms with Crippen LogP contribution in [-0.2, 0) is 14.1 Å². The van der Waals surface area contributed by atoms with Gasteiger partial charge in [-0.3, -0.25) is 27.9 Å². The summed E-state index contributed by atoms with van der Waals surface area (Å²) in [6.07, 6.45) is 1.19. The summed E-state index contributed by atoms with van der Waals surface area (Å²) in [5.74, 6) is -0.772. The fourth-order valence-electron chi connectivity index (χ4n) is 2.90. The van der Waals surface area contributed by atoms with Gasteiger partial charge in [0.15, 0.2) is 4.96 Å². The first-order chi connectivity index (χ1) is 13.9. The normalized spacial score (nSPS) is 11.0. The smallest absolute Gasteiger partial charge is 0.307 e. The molecule has 4 aromatic rings. The van der Waals surface area contributed by atoms with Crippen molar-refractivity contribution >= 4 is 28.0 Å². The van der Waals surface area contributed by atoms with E-state index >= 15 is 0 Å². The zero-order chi connectivity index (χ0) is 20.7. The van der Waals surface area contributed by atoms with Gasteiger partial charge in [-0.2, -0.15) is 0 Å². The summed E-state index contributed by atoms with van der Waals surface area (Å²) < 4.78 is 3.40. The van der Waals surface area contributed by atoms with Crippen molar-refractivity contribution in [2.45, 2.75) is 0 Å². The Morgan fingerprint density at radius 3 is 2.52 bits per heavy atom. The zero-order valence-corrected chi connectivity index (χ0v) is 16.3. The summed E-state index contributed by atoms with van der Waals surface area (Å²) in [5.41, 5.74) is -0.472. The highest BCUT2D eigenvalue weighted by Crippen LogP contribution is 2.23. The molecule has 1 aromatic carbocycles. The Morgan fingerprint density at radius 2 is 1.79 bits per heavy atom. The molecule has 10 heteroatoms. The Morgan fingerprint density at radius 1 is 1.07 bits per heavy atom. The van der Waals surface area contributed by atoms with Gasteiger partial charge >= 0.3 is 5.69 Å². The first kappa shape index (κ1) is 18.6. The highest BCUT2D eigenvalue weighted by Gasteiger charge is 2.18. The number of amides is 1. The van der Waals surface area contributed by atoms with Gasteiger partial charge in [0, 0.05) is 31.7 Å². The highest BCUT2D eigenvalue weighted by atomic mass is 32.1. The molecule has 1 amide bonds. The summed E-state index contributed by atoms with van der Waals surface area (Å²) in [4.78, 5) is 54.3. The van der Waals surface area contributed by atoms with Gasteiger partial charge in [-0.15, -0.1) is 11.3 Å². The van der Waals surface area contributed by atoms with Crippen molar-refractivity contribution in [1.82, 2.24) is 18.5 Å². The quantitative estimate of drug-likeness (QED) is 0.545. The molecule has 3 heterocycles. The molecule has 146 valence electrons. The fraction of sp³-hybridized carbons (Fsp3) is 0.105. The molecule has 0 atom stereocenters. The largest absolute Gasteiger partial charge is 0.332 e. The van der Waals surface area contributed by atoms with Crippen molar-refractivity contribution in [3.63, 3.8) is 0 Å². The van der Waals surface area contributed by atoms with E-state index in [1.54, 1.807) is 5.38 Å². The van der Waals surface area contributed by atoms with E-state index in [1.807, 2.05) is 30.3 Å². The highest BCUT2D eigenvalue weighted by molar-refractivity contribution is 7.15. The van der Waals surface area contributed by atoms with Crippen LogP contribution in [0, 0.1) is 0 Å². The van der Waals surface area contributed by atoms with Crippen molar-refractivity contribution < 1.29 is 4.79 Å². The Labute approximate surface area is 167 Å². The summed E-state index contributed by atoms with van der Waals surface area (Å²) in [6.45, 7) is 0. The van der Waals surface area contributed by atoms with E-state index in [0.29, 0.717) is 10.7 Å². The third-order valence-electron chi connectivity index (χ3n) is 4.53. The number of hydrogen-bond donors (Lipinski definition) is 1. The lowest BCUT2D eigenvalue weighted by Gasteiger charge is -2.10. The second-order valence-corrected chi connectivity index (χ2v) is 7.14. The predicted molar refractivity (Wildman–Crippen MR) is 110 cm³/mol. The molecular formula is C19H15N5O4S. The SMILES string of the molecule is Cn1c(NC(=O)c2cnc3scc(-c4ccccc4)n3c2=O)cc(=O)n(C)c1=O. The molecule has 0 aliphatic heterocycles. The number of hydrogen-bond acceptors (Lipinski definition) is 6. The van der Waals surface area contributed by atoms with Gasteiger partial charge in [-0.1, -0.05) is 30.3 Å². The molecule has 0 radical (unpaired) electrons. The van der Waals surface area contributed by atoms with Crippen LogP contribution >= 0.6 is 11.3 Å². The van der Waals surface area contributed by atoms with Crippen LogP contribution in [0.15, 0.2) is 62.4 Å². The van der Waals surface area contributed by atoms with Gasteiger partial charge in [0.2, 0.25) is 0 Å². The van der Waals surface area contributed by atoms with Crippen LogP contribution in [0.4, 0.5) is 5.82 Å². The van der Waals surface area contributed by atoms with Crippen LogP contribution < -0.4 is 22.1 Å². The van der Waals surface area contributed by atoms with Gasteiger partial charge < -0.3 is 5.32 Å². The number of rotatable bonds is 3. The van der Waals surface area contributed by atoms with Crippen LogP contribution in [0.5, 0.6) is 0 Å². The van der Waals surface area contributed by atoms with Crippen molar-refractivity contribution in [2.24, 2.45) is 14.1 Å². The number of nitrogens with one attached hydrogen (secondary N) is 1. The van der Waals surface area contributed by atoms with E-state index in [2.05, 4.69) is 10.3 Å². The number of nitrogens with zero attached hydrogens (tertiary/aromatic N) is 4. The first-order valence-electron chi connectivity index (χ1n) is 8.51. The molecule has 3 aromatic heterocycles. The van der Waals surface area contributed by atoms with Crippen LogP contribution in [0.2, 0.25) is 0 Å². The maximum atomic E-state index is 13.0. The van der Waals surface area contributed by atoms with Crippen LogP contribution in [0.25, 0.3) is 16.2 Å². The Hall–Kier alpha value is -3.79. The molecule has 0 aliphatic rings. The van der Waals surface area contributed by atoms with E-state index in [4.69, 9.17) is 0 Å². The molecule has 0 spiro atoms. The second kappa shape index (κ2) is 6.99. The molecule has 0 unspecified atom stereocenters. The molecule has 0 aliphatic carbocycles. The van der Waals surface area contributed by atoms with Crippen molar-refractivity contribution in [2.75, 3.05) is 5.32 Å². The lowest BCUT2D eigenvalue weighted by Crippen LogP contribution is -2.38. The number of fused-ring (bicyclic) bond motifs is 1. The lowest BCUT2D eigenvalue weighted by molar-refractivity contribution is 0.102. The van der Waals surface area contributed by atoms with Gasteiger partial charge in [-0.25, -0.2) is 9.78 Å². The monoisotopic (exact) mass is 409 g/mol.